The summed E-state index contributed by atoms with van der Waals surface area (Å²) in [4.78, 5) is 78.3. The van der Waals surface area contributed by atoms with E-state index in [1.165, 1.54) is 98.2 Å². The molecular formula is C100H134N10O14S. The maximum atomic E-state index is 12.3. The number of esters is 2. The molecule has 0 radical (unpaired) electrons. The van der Waals surface area contributed by atoms with Gasteiger partial charge in [-0.15, -0.1) is 11.3 Å². The SMILES string of the molecule is C.CC(=O)CC#N.COC(=O)C(C#N)C1(c2ccccn2)CCOC2(CCCC2)C1.COc1ccsc1CN.N#CCC1(c2ccccn2)CCOC2(CCCC2)C1.N#CC[C@@]1(c2ccccn2)CCOC2(CCCC2)C1.O=C1CCOC2(CCCC2)C1.O=CCC[C@@]1(c2ccccn2)CCOC2(CCCC2)C1.[C-]#[N+]/C(C(=O)OC)=C1\CCOC2(CCCC2)C1. The van der Waals surface area contributed by atoms with Crippen LogP contribution in [-0.2, 0) is 90.1 Å². The number of aromatic nitrogens is 4. The van der Waals surface area contributed by atoms with E-state index >= 15 is 0 Å². The second kappa shape index (κ2) is 48.2. The van der Waals surface area contributed by atoms with Gasteiger partial charge in [-0.05, 0) is 215 Å². The standard InChI is InChI=1S/C18H22N2O3.C17H23NO2.2C16H20N2O.C13H17NO3.C9H14O2.C6H9NOS.C4H5NO.CH4/c1-22-16(21)14(12-19)18(15-6-2-5-10-20-15)9-11-23-17(13-18)7-3-4-8-17;19-12-5-7-16(15-6-1-4-11-18-15)10-13-20-17(14-16)8-2-3-9-17;2*17-10-8-15(14-5-1-4-11-18-14)9-12-19-16(13-15)6-2-3-7-16;1-14-11(12(15)16-2)10-5-8-17-13(9-10)6-3-4-7-13;10-8-3-6-11-9(7-8)4-1-2-5-9;1-8-5-2-3-9-6(5)4-7;1-4(6)2-3-5;/h2,5-6,10,14H,3-4,7-9,11,13H2,1H3;1,4,6,11-12H,2-3,5,7-10,13-14H2;2*1,4-5,11H,2-3,6-9,12-13H2;3-9H2,2H3;1-7H2;2-3H,4,7H2,1H3;2H2,1H3;1H4/b;;;;11-10+;;;;/t;16-;15-;;;;;;/m.11....../s1. The van der Waals surface area contributed by atoms with Gasteiger partial charge >= 0.3 is 11.9 Å². The number of carbonyl (C=O) groups excluding carboxylic acids is 5. The number of hydrogen-bond donors (Lipinski definition) is 1. The average molecular weight is 1730 g/mol. The normalized spacial score (nSPS) is 25.6. The number of ether oxygens (including phenoxy) is 9. The molecule has 674 valence electrons. The second-order valence-corrected chi connectivity index (χ2v) is 37.1. The summed E-state index contributed by atoms with van der Waals surface area (Å²) in [6.45, 7) is 13.2. The van der Waals surface area contributed by atoms with Crippen molar-refractivity contribution in [2.45, 2.75) is 339 Å². The summed E-state index contributed by atoms with van der Waals surface area (Å²) in [5, 5.41) is 38.0. The minimum Gasteiger partial charge on any atom is -0.496 e. The van der Waals surface area contributed by atoms with Crippen LogP contribution >= 0.6 is 11.3 Å². The Kier molecular flexibility index (Phi) is 38.5. The first kappa shape index (κ1) is 99.7. The largest absolute Gasteiger partial charge is 0.496 e. The Hall–Kier alpha value is -9.04. The zero-order chi connectivity index (χ0) is 88.3. The van der Waals surface area contributed by atoms with Crippen LogP contribution in [0, 0.1) is 57.8 Å². The number of pyridine rings is 4. The van der Waals surface area contributed by atoms with Crippen molar-refractivity contribution in [2.75, 3.05) is 61.0 Å². The number of hydrogen-bond acceptors (Lipinski definition) is 24. The number of carbonyl (C=O) groups is 5. The molecule has 12 aliphatic rings. The number of Topliss-reactive ketones (excluding diaryl/α,β-unsaturated/α-hetero) is 2. The first-order chi connectivity index (χ1) is 60.2. The van der Waals surface area contributed by atoms with Crippen LogP contribution in [-0.4, -0.2) is 144 Å². The highest BCUT2D eigenvalue weighted by atomic mass is 32.1. The Balaban J connectivity index is 0.000000165. The van der Waals surface area contributed by atoms with Crippen molar-refractivity contribution in [1.29, 1.82) is 21.0 Å². The molecule has 0 bridgehead atoms. The van der Waals surface area contributed by atoms with Crippen molar-refractivity contribution in [3.05, 3.63) is 159 Å². The number of ketones is 2. The lowest BCUT2D eigenvalue weighted by atomic mass is 9.63. The number of thiophene rings is 1. The molecule has 6 saturated heterocycles. The molecule has 24 nitrogen and oxygen atoms in total. The molecule has 11 heterocycles. The van der Waals surface area contributed by atoms with Crippen molar-refractivity contribution in [3.8, 4) is 30.0 Å². The fraction of sp³-hybridized carbons (Fsp3) is 0.640. The van der Waals surface area contributed by atoms with Gasteiger partial charge in [0, 0.05) is 141 Å². The van der Waals surface area contributed by atoms with Gasteiger partial charge in [-0.25, -0.2) is 4.85 Å². The second-order valence-electron chi connectivity index (χ2n) is 36.1. The third-order valence-electron chi connectivity index (χ3n) is 28.0. The highest BCUT2D eigenvalue weighted by molar-refractivity contribution is 7.10. The van der Waals surface area contributed by atoms with E-state index in [1.807, 2.05) is 78.6 Å². The van der Waals surface area contributed by atoms with E-state index < -0.39 is 23.3 Å². The van der Waals surface area contributed by atoms with Gasteiger partial charge in [-0.2, -0.15) is 21.0 Å². The highest BCUT2D eigenvalue weighted by Gasteiger charge is 2.57. The third kappa shape index (κ3) is 26.1. The molecule has 2 N–H and O–H groups in total. The molecule has 125 heavy (non-hydrogen) atoms. The molecule has 5 aromatic heterocycles. The summed E-state index contributed by atoms with van der Waals surface area (Å²) >= 11 is 1.62. The highest BCUT2D eigenvalue weighted by Crippen LogP contribution is 2.55. The lowest BCUT2D eigenvalue weighted by molar-refractivity contribution is -0.153. The minimum absolute atomic E-state index is 0. The number of nitrogens with zero attached hydrogens (tertiary/aromatic N) is 9. The Labute approximate surface area is 746 Å². The van der Waals surface area contributed by atoms with Gasteiger partial charge in [0.1, 0.15) is 23.6 Å². The van der Waals surface area contributed by atoms with Crippen molar-refractivity contribution in [3.63, 3.8) is 0 Å². The maximum absolute atomic E-state index is 12.3. The van der Waals surface area contributed by atoms with Crippen molar-refractivity contribution < 1.29 is 66.6 Å². The van der Waals surface area contributed by atoms with Crippen LogP contribution < -0.4 is 10.5 Å². The predicted octanol–water partition coefficient (Wildman–Crippen LogP) is 19.4. The van der Waals surface area contributed by atoms with Crippen LogP contribution in [0.15, 0.2) is 120 Å². The van der Waals surface area contributed by atoms with E-state index in [1.54, 1.807) is 30.7 Å². The molecule has 6 aliphatic heterocycles. The molecule has 6 aliphatic carbocycles. The van der Waals surface area contributed by atoms with Gasteiger partial charge in [0.25, 0.3) is 5.70 Å². The summed E-state index contributed by atoms with van der Waals surface area (Å²) < 4.78 is 50.7. The Morgan fingerprint density at radius 1 is 0.520 bits per heavy atom. The van der Waals surface area contributed by atoms with Crippen molar-refractivity contribution in [1.82, 2.24) is 19.9 Å². The van der Waals surface area contributed by atoms with Crippen LogP contribution in [0.4, 0.5) is 0 Å². The van der Waals surface area contributed by atoms with Gasteiger partial charge in [0.15, 0.2) is 5.92 Å². The van der Waals surface area contributed by atoms with Gasteiger partial charge in [0.05, 0.1) is 104 Å². The number of nitriles is 4. The number of aldehydes is 1. The van der Waals surface area contributed by atoms with Crippen LogP contribution in [0.2, 0.25) is 0 Å². The molecule has 0 amide bonds. The first-order valence-electron chi connectivity index (χ1n) is 45.2. The molecular weight excluding hydrogens is 1600 g/mol. The van der Waals surface area contributed by atoms with Crippen LogP contribution in [0.1, 0.15) is 305 Å². The Bertz CT molecular complexity index is 4350. The van der Waals surface area contributed by atoms with E-state index in [9.17, 15) is 39.8 Å². The summed E-state index contributed by atoms with van der Waals surface area (Å²) in [5.74, 6) is -0.611. The van der Waals surface area contributed by atoms with Gasteiger partial charge < -0.3 is 53.2 Å². The van der Waals surface area contributed by atoms with Crippen LogP contribution in [0.5, 0.6) is 5.75 Å². The van der Waals surface area contributed by atoms with Crippen LogP contribution in [0.3, 0.4) is 0 Å². The molecule has 5 aromatic rings. The summed E-state index contributed by atoms with van der Waals surface area (Å²) in [7, 11) is 4.31. The molecule has 12 fully saturated rings. The fourth-order valence-corrected chi connectivity index (χ4v) is 22.7. The molecule has 3 unspecified atom stereocenters. The summed E-state index contributed by atoms with van der Waals surface area (Å²) in [5.41, 5.74) is 9.55. The minimum atomic E-state index is -0.858. The summed E-state index contributed by atoms with van der Waals surface area (Å²) in [6.07, 6.45) is 48.6. The molecule has 25 heteroatoms. The number of methoxy groups -OCH3 is 3. The lowest BCUT2D eigenvalue weighted by Crippen LogP contribution is -2.52. The number of rotatable bonds is 15. The molecule has 6 spiro atoms. The predicted molar refractivity (Wildman–Crippen MR) is 476 cm³/mol. The van der Waals surface area contributed by atoms with E-state index in [-0.39, 0.29) is 75.2 Å². The van der Waals surface area contributed by atoms with E-state index in [4.69, 9.17) is 55.5 Å². The first-order valence-corrected chi connectivity index (χ1v) is 46.1. The van der Waals surface area contributed by atoms with Crippen LogP contribution in [0.25, 0.3) is 4.85 Å². The molecule has 6 saturated carbocycles. The molecule has 17 rings (SSSR count). The Morgan fingerprint density at radius 2 is 0.920 bits per heavy atom. The average Bonchev–Trinajstić information content (AvgIpc) is 1.68. The topological polar surface area (TPSA) is 346 Å². The van der Waals surface area contributed by atoms with Crippen molar-refractivity contribution in [2.24, 2.45) is 11.7 Å². The summed E-state index contributed by atoms with van der Waals surface area (Å²) in [6, 6.07) is 34.5. The number of nitrogens with two attached hydrogens (primary N) is 1. The fourth-order valence-electron chi connectivity index (χ4n) is 21.9. The maximum Gasteiger partial charge on any atom is 0.335 e. The zero-order valence-electron chi connectivity index (χ0n) is 73.7. The van der Waals surface area contributed by atoms with E-state index in [2.05, 4.69) is 72.0 Å². The molecule has 5 atom stereocenters. The zero-order valence-corrected chi connectivity index (χ0v) is 74.5. The van der Waals surface area contributed by atoms with E-state index in [0.717, 1.165) is 193 Å². The third-order valence-corrected chi connectivity index (χ3v) is 29.0. The van der Waals surface area contributed by atoms with Gasteiger partial charge in [-0.1, -0.05) is 114 Å². The van der Waals surface area contributed by atoms with Crippen molar-refractivity contribution >= 4 is 41.1 Å². The molecule has 0 aromatic carbocycles. The van der Waals surface area contributed by atoms with Gasteiger partial charge in [-0.3, -0.25) is 39.1 Å². The Morgan fingerprint density at radius 3 is 1.28 bits per heavy atom. The van der Waals surface area contributed by atoms with Gasteiger partial charge in [0.2, 0.25) is 0 Å². The van der Waals surface area contributed by atoms with E-state index in [0.29, 0.717) is 83.5 Å². The smallest absolute Gasteiger partial charge is 0.335 e. The quantitative estimate of drug-likeness (QED) is 0.0440. The lowest BCUT2D eigenvalue weighted by Gasteiger charge is -2.47. The monoisotopic (exact) mass is 1730 g/mol.